The van der Waals surface area contributed by atoms with E-state index in [1.165, 1.54) is 33.5 Å². The Balaban J connectivity index is 2.18. The molecule has 0 saturated carbocycles. The van der Waals surface area contributed by atoms with Gasteiger partial charge in [0.1, 0.15) is 0 Å². The lowest BCUT2D eigenvalue weighted by Gasteiger charge is -2.12. The van der Waals surface area contributed by atoms with Crippen LogP contribution in [0.1, 0.15) is 10.4 Å². The summed E-state index contributed by atoms with van der Waals surface area (Å²) in [5, 5.41) is 9.86. The van der Waals surface area contributed by atoms with Gasteiger partial charge in [-0.15, -0.1) is 0 Å². The topological polar surface area (TPSA) is 74.2 Å². The molecule has 0 unspecified atom stereocenters. The Labute approximate surface area is 134 Å². The number of rotatable bonds is 7. The van der Waals surface area contributed by atoms with Crippen molar-refractivity contribution in [1.82, 2.24) is 0 Å². The average Bonchev–Trinajstić information content (AvgIpc) is 2.60. The number of phenols is 1. The van der Waals surface area contributed by atoms with Crippen LogP contribution in [0.5, 0.6) is 28.7 Å². The molecule has 0 bridgehead atoms. The number of methoxy groups -OCH3 is 3. The fraction of sp³-hybridized carbons (Fsp3) is 0.235. The average molecular weight is 318 g/mol. The highest BCUT2D eigenvalue weighted by atomic mass is 16.5. The van der Waals surface area contributed by atoms with Crippen LogP contribution in [0.4, 0.5) is 0 Å². The van der Waals surface area contributed by atoms with Crippen molar-refractivity contribution in [2.75, 3.05) is 27.9 Å². The maximum absolute atomic E-state index is 12.3. The van der Waals surface area contributed by atoms with Crippen LogP contribution in [0.3, 0.4) is 0 Å². The van der Waals surface area contributed by atoms with Crippen molar-refractivity contribution in [2.45, 2.75) is 0 Å². The number of ketones is 1. The molecule has 0 radical (unpaired) electrons. The summed E-state index contributed by atoms with van der Waals surface area (Å²) in [6, 6.07) is 9.92. The molecule has 0 atom stereocenters. The smallest absolute Gasteiger partial charge is 0.200 e. The van der Waals surface area contributed by atoms with Crippen molar-refractivity contribution in [2.24, 2.45) is 0 Å². The van der Waals surface area contributed by atoms with E-state index in [9.17, 15) is 9.90 Å². The first-order chi connectivity index (χ1) is 11.1. The Morgan fingerprint density at radius 3 is 1.96 bits per heavy atom. The molecule has 0 amide bonds. The van der Waals surface area contributed by atoms with Crippen molar-refractivity contribution < 1.29 is 28.8 Å². The van der Waals surface area contributed by atoms with E-state index >= 15 is 0 Å². The second-order valence-electron chi connectivity index (χ2n) is 4.59. The molecule has 0 spiro atoms. The minimum Gasteiger partial charge on any atom is -0.502 e. The second kappa shape index (κ2) is 7.40. The van der Waals surface area contributed by atoms with Gasteiger partial charge in [-0.25, -0.2) is 0 Å². The third-order valence-electron chi connectivity index (χ3n) is 3.23. The van der Waals surface area contributed by atoms with Gasteiger partial charge in [-0.2, -0.15) is 0 Å². The maximum atomic E-state index is 12.3. The number of ether oxygens (including phenoxy) is 4. The molecule has 0 aromatic heterocycles. The number of phenolic OH excluding ortho intramolecular Hbond substituents is 1. The first-order valence-corrected chi connectivity index (χ1v) is 6.84. The van der Waals surface area contributed by atoms with Crippen LogP contribution in [0, 0.1) is 0 Å². The number of Topliss-reactive ketones (excluding diaryl/α,β-unsaturated/α-hetero) is 1. The summed E-state index contributed by atoms with van der Waals surface area (Å²) >= 11 is 0. The third kappa shape index (κ3) is 3.66. The highest BCUT2D eigenvalue weighted by molar-refractivity contribution is 5.98. The molecule has 1 N–H and O–H groups in total. The quantitative estimate of drug-likeness (QED) is 0.791. The number of benzene rings is 2. The summed E-state index contributed by atoms with van der Waals surface area (Å²) < 4.78 is 20.7. The maximum Gasteiger partial charge on any atom is 0.200 e. The molecule has 2 aromatic rings. The molecule has 6 heteroatoms. The lowest BCUT2D eigenvalue weighted by Crippen LogP contribution is -2.12. The molecule has 23 heavy (non-hydrogen) atoms. The number of hydrogen-bond acceptors (Lipinski definition) is 6. The zero-order valence-electron chi connectivity index (χ0n) is 13.2. The summed E-state index contributed by atoms with van der Waals surface area (Å²) in [7, 11) is 4.32. The first kappa shape index (κ1) is 16.5. The van der Waals surface area contributed by atoms with Gasteiger partial charge in [0.15, 0.2) is 35.4 Å². The van der Waals surface area contributed by atoms with E-state index in [1.807, 2.05) is 6.07 Å². The number of carbonyl (C=O) groups excluding carboxylic acids is 1. The zero-order valence-corrected chi connectivity index (χ0v) is 13.2. The van der Waals surface area contributed by atoms with Gasteiger partial charge in [0, 0.05) is 5.56 Å². The molecule has 6 nitrogen and oxygen atoms in total. The minimum absolute atomic E-state index is 0.155. The fourth-order valence-corrected chi connectivity index (χ4v) is 2.02. The molecule has 2 rings (SSSR count). The highest BCUT2D eigenvalue weighted by Crippen LogP contribution is 2.37. The van der Waals surface area contributed by atoms with Crippen LogP contribution in [-0.4, -0.2) is 38.8 Å². The van der Waals surface area contributed by atoms with Gasteiger partial charge in [0.2, 0.25) is 5.75 Å². The van der Waals surface area contributed by atoms with Crippen molar-refractivity contribution >= 4 is 5.78 Å². The molecule has 0 aliphatic carbocycles. The predicted molar refractivity (Wildman–Crippen MR) is 84.0 cm³/mol. The lowest BCUT2D eigenvalue weighted by atomic mass is 10.1. The summed E-state index contributed by atoms with van der Waals surface area (Å²) in [6.07, 6.45) is 0. The molecular formula is C17H18O6. The molecule has 0 aliphatic rings. The van der Waals surface area contributed by atoms with Crippen LogP contribution >= 0.6 is 0 Å². The zero-order chi connectivity index (χ0) is 16.8. The van der Waals surface area contributed by atoms with Gasteiger partial charge in [-0.05, 0) is 24.3 Å². The van der Waals surface area contributed by atoms with Crippen LogP contribution in [0.25, 0.3) is 0 Å². The van der Waals surface area contributed by atoms with Gasteiger partial charge in [0.25, 0.3) is 0 Å². The van der Waals surface area contributed by atoms with Crippen molar-refractivity contribution in [3.05, 3.63) is 42.0 Å². The molecular weight excluding hydrogens is 300 g/mol. The van der Waals surface area contributed by atoms with Gasteiger partial charge < -0.3 is 24.1 Å². The summed E-state index contributed by atoms with van der Waals surface area (Å²) in [5.74, 6) is 0.891. The Bertz CT molecular complexity index is 670. The van der Waals surface area contributed by atoms with Crippen molar-refractivity contribution in [1.29, 1.82) is 0 Å². The first-order valence-electron chi connectivity index (χ1n) is 6.84. The third-order valence-corrected chi connectivity index (χ3v) is 3.23. The van der Waals surface area contributed by atoms with Crippen LogP contribution < -0.4 is 18.9 Å². The van der Waals surface area contributed by atoms with E-state index in [4.69, 9.17) is 18.9 Å². The molecule has 0 heterocycles. The van der Waals surface area contributed by atoms with Crippen LogP contribution in [0.15, 0.2) is 36.4 Å². The van der Waals surface area contributed by atoms with E-state index < -0.39 is 0 Å². The van der Waals surface area contributed by atoms with Crippen molar-refractivity contribution in [3.8, 4) is 28.7 Å². The molecule has 0 aliphatic heterocycles. The molecule has 0 fully saturated rings. The summed E-state index contributed by atoms with van der Waals surface area (Å²) in [6.45, 7) is -0.183. The largest absolute Gasteiger partial charge is 0.502 e. The van der Waals surface area contributed by atoms with E-state index in [0.29, 0.717) is 17.1 Å². The van der Waals surface area contributed by atoms with Crippen molar-refractivity contribution in [3.63, 3.8) is 0 Å². The second-order valence-corrected chi connectivity index (χ2v) is 4.59. The summed E-state index contributed by atoms with van der Waals surface area (Å²) in [5.41, 5.74) is 0.311. The molecule has 122 valence electrons. The molecule has 2 aromatic carbocycles. The van der Waals surface area contributed by atoms with E-state index in [1.54, 1.807) is 18.2 Å². The van der Waals surface area contributed by atoms with Crippen LogP contribution in [-0.2, 0) is 0 Å². The fourth-order valence-electron chi connectivity index (χ4n) is 2.02. The Morgan fingerprint density at radius 2 is 1.43 bits per heavy atom. The Kier molecular flexibility index (Phi) is 5.30. The number of hydrogen-bond donors (Lipinski definition) is 1. The Morgan fingerprint density at radius 1 is 0.913 bits per heavy atom. The van der Waals surface area contributed by atoms with E-state index in [-0.39, 0.29) is 29.6 Å². The molecule has 0 saturated heterocycles. The van der Waals surface area contributed by atoms with E-state index in [2.05, 4.69) is 0 Å². The van der Waals surface area contributed by atoms with Gasteiger partial charge in [-0.1, -0.05) is 12.1 Å². The minimum atomic E-state index is -0.285. The SMILES string of the molecule is COc1ccccc1OCC(=O)c1cc(OC)c(O)c(OC)c1. The number of carbonyl (C=O) groups is 1. The lowest BCUT2D eigenvalue weighted by molar-refractivity contribution is 0.0918. The monoisotopic (exact) mass is 318 g/mol. The van der Waals surface area contributed by atoms with Gasteiger partial charge in [-0.3, -0.25) is 4.79 Å². The van der Waals surface area contributed by atoms with Gasteiger partial charge in [0.05, 0.1) is 21.3 Å². The van der Waals surface area contributed by atoms with Gasteiger partial charge >= 0.3 is 0 Å². The van der Waals surface area contributed by atoms with E-state index in [0.717, 1.165) is 0 Å². The predicted octanol–water partition coefficient (Wildman–Crippen LogP) is 2.68. The standard InChI is InChI=1S/C17H18O6/c1-20-13-6-4-5-7-14(13)23-10-12(18)11-8-15(21-2)17(19)16(9-11)22-3/h4-9,19H,10H2,1-3H3. The van der Waals surface area contributed by atoms with Crippen LogP contribution in [0.2, 0.25) is 0 Å². The normalized spacial score (nSPS) is 10.0. The number of para-hydroxylation sites is 2. The Hall–Kier alpha value is -2.89. The number of aromatic hydroxyl groups is 1. The highest BCUT2D eigenvalue weighted by Gasteiger charge is 2.16. The summed E-state index contributed by atoms with van der Waals surface area (Å²) in [4.78, 5) is 12.3.